The third kappa shape index (κ3) is 1.73. The minimum absolute atomic E-state index is 0.492. The highest BCUT2D eigenvalue weighted by molar-refractivity contribution is 4.92. The van der Waals surface area contributed by atoms with Crippen molar-refractivity contribution in [3.8, 4) is 0 Å². The van der Waals surface area contributed by atoms with Crippen molar-refractivity contribution in [2.24, 2.45) is 11.8 Å². The lowest BCUT2D eigenvalue weighted by Gasteiger charge is -2.44. The van der Waals surface area contributed by atoms with Crippen LogP contribution in [0.3, 0.4) is 0 Å². The molecule has 0 spiro atoms. The van der Waals surface area contributed by atoms with Crippen LogP contribution in [-0.2, 0) is 0 Å². The van der Waals surface area contributed by atoms with Crippen LogP contribution in [-0.4, -0.2) is 25.9 Å². The second-order valence-corrected chi connectivity index (χ2v) is 4.43. The number of hydrogen-bond donors (Lipinski definition) is 3. The summed E-state index contributed by atoms with van der Waals surface area (Å²) in [5.41, 5.74) is 0. The summed E-state index contributed by atoms with van der Waals surface area (Å²) in [7, 11) is 2.04. The number of rotatable bonds is 2. The summed E-state index contributed by atoms with van der Waals surface area (Å²) in [6, 6.07) is 0.729. The average molecular weight is 183 g/mol. The van der Waals surface area contributed by atoms with Crippen LogP contribution in [0.25, 0.3) is 0 Å². The van der Waals surface area contributed by atoms with E-state index in [1.165, 1.54) is 19.3 Å². The van der Waals surface area contributed by atoms with Crippen LogP contribution in [0.5, 0.6) is 0 Å². The van der Waals surface area contributed by atoms with E-state index >= 15 is 0 Å². The van der Waals surface area contributed by atoms with Crippen molar-refractivity contribution in [3.05, 3.63) is 0 Å². The lowest BCUT2D eigenvalue weighted by atomic mass is 9.74. The van der Waals surface area contributed by atoms with Crippen molar-refractivity contribution >= 4 is 0 Å². The van der Waals surface area contributed by atoms with Gasteiger partial charge in [-0.15, -0.1) is 0 Å². The summed E-state index contributed by atoms with van der Waals surface area (Å²) in [5.74, 6) is 1.64. The van der Waals surface area contributed by atoms with Crippen molar-refractivity contribution in [2.75, 3.05) is 13.7 Å². The average Bonchev–Trinajstić information content (AvgIpc) is 2.05. The highest BCUT2D eigenvalue weighted by Crippen LogP contribution is 2.33. The van der Waals surface area contributed by atoms with E-state index in [4.69, 9.17) is 0 Å². The molecule has 1 heterocycles. The van der Waals surface area contributed by atoms with Gasteiger partial charge in [0.05, 0.1) is 6.17 Å². The van der Waals surface area contributed by atoms with Crippen molar-refractivity contribution in [2.45, 2.75) is 38.4 Å². The van der Waals surface area contributed by atoms with E-state index in [1.807, 2.05) is 7.05 Å². The Morgan fingerprint density at radius 1 is 1.23 bits per heavy atom. The van der Waals surface area contributed by atoms with E-state index in [0.717, 1.165) is 18.6 Å². The SMILES string of the molecule is CNC1NCNC(C2CCC2)C1C. The fourth-order valence-electron chi connectivity index (χ4n) is 2.63. The molecule has 1 aliphatic carbocycles. The van der Waals surface area contributed by atoms with E-state index in [2.05, 4.69) is 22.9 Å². The monoisotopic (exact) mass is 183 g/mol. The van der Waals surface area contributed by atoms with Crippen LogP contribution in [0.2, 0.25) is 0 Å². The molecule has 0 aromatic carbocycles. The molecule has 0 radical (unpaired) electrons. The second-order valence-electron chi connectivity index (χ2n) is 4.43. The van der Waals surface area contributed by atoms with Crippen LogP contribution in [0.15, 0.2) is 0 Å². The van der Waals surface area contributed by atoms with Crippen molar-refractivity contribution < 1.29 is 0 Å². The first-order valence-electron chi connectivity index (χ1n) is 5.47. The van der Waals surface area contributed by atoms with E-state index < -0.39 is 0 Å². The first-order valence-corrected chi connectivity index (χ1v) is 5.47. The lowest BCUT2D eigenvalue weighted by molar-refractivity contribution is 0.112. The Morgan fingerprint density at radius 2 is 2.00 bits per heavy atom. The molecule has 0 aromatic rings. The van der Waals surface area contributed by atoms with Crippen LogP contribution in [0.4, 0.5) is 0 Å². The lowest BCUT2D eigenvalue weighted by Crippen LogP contribution is -2.63. The summed E-state index contributed by atoms with van der Waals surface area (Å²) in [6.07, 6.45) is 4.79. The van der Waals surface area contributed by atoms with E-state index in [9.17, 15) is 0 Å². The number of nitrogens with one attached hydrogen (secondary N) is 3. The summed E-state index contributed by atoms with van der Waals surface area (Å²) in [5, 5.41) is 10.3. The molecular formula is C10H21N3. The maximum Gasteiger partial charge on any atom is 0.0620 e. The van der Waals surface area contributed by atoms with Crippen LogP contribution in [0.1, 0.15) is 26.2 Å². The van der Waals surface area contributed by atoms with E-state index in [-0.39, 0.29) is 0 Å². The van der Waals surface area contributed by atoms with Gasteiger partial charge in [-0.3, -0.25) is 5.32 Å². The molecule has 0 amide bonds. The van der Waals surface area contributed by atoms with E-state index in [1.54, 1.807) is 0 Å². The highest BCUT2D eigenvalue weighted by Gasteiger charge is 2.36. The van der Waals surface area contributed by atoms with E-state index in [0.29, 0.717) is 12.1 Å². The van der Waals surface area contributed by atoms with Gasteiger partial charge in [-0.2, -0.15) is 0 Å². The number of hydrogen-bond acceptors (Lipinski definition) is 3. The third-order valence-corrected chi connectivity index (χ3v) is 3.72. The Kier molecular flexibility index (Phi) is 2.86. The standard InChI is InChI=1S/C10H21N3/c1-7-9(8-4-3-5-8)12-6-13-10(7)11-2/h7-13H,3-6H2,1-2H3. The van der Waals surface area contributed by atoms with Crippen LogP contribution in [0, 0.1) is 11.8 Å². The predicted molar refractivity (Wildman–Crippen MR) is 54.3 cm³/mol. The van der Waals surface area contributed by atoms with Crippen molar-refractivity contribution in [3.63, 3.8) is 0 Å². The maximum absolute atomic E-state index is 3.58. The molecule has 1 saturated heterocycles. The van der Waals surface area contributed by atoms with Crippen molar-refractivity contribution in [1.29, 1.82) is 0 Å². The normalized spacial score (nSPS) is 41.5. The fourth-order valence-corrected chi connectivity index (χ4v) is 2.63. The van der Waals surface area contributed by atoms with Gasteiger partial charge in [0, 0.05) is 18.6 Å². The molecule has 2 fully saturated rings. The largest absolute Gasteiger partial charge is 0.305 e. The molecule has 3 nitrogen and oxygen atoms in total. The van der Waals surface area contributed by atoms with Gasteiger partial charge in [-0.05, 0) is 25.8 Å². The minimum atomic E-state index is 0.492. The molecule has 2 aliphatic rings. The smallest absolute Gasteiger partial charge is 0.0620 e. The van der Waals surface area contributed by atoms with Crippen molar-refractivity contribution in [1.82, 2.24) is 16.0 Å². The summed E-state index contributed by atoms with van der Waals surface area (Å²) < 4.78 is 0. The molecule has 0 bridgehead atoms. The van der Waals surface area contributed by atoms with Gasteiger partial charge in [0.25, 0.3) is 0 Å². The molecule has 1 saturated carbocycles. The van der Waals surface area contributed by atoms with Gasteiger partial charge in [-0.1, -0.05) is 13.3 Å². The second kappa shape index (κ2) is 3.95. The van der Waals surface area contributed by atoms with Gasteiger partial charge in [-0.25, -0.2) is 0 Å². The minimum Gasteiger partial charge on any atom is -0.305 e. The van der Waals surface area contributed by atoms with Gasteiger partial charge in [0.15, 0.2) is 0 Å². The molecule has 1 aliphatic heterocycles. The highest BCUT2D eigenvalue weighted by atomic mass is 15.2. The first kappa shape index (κ1) is 9.44. The van der Waals surface area contributed by atoms with Gasteiger partial charge >= 0.3 is 0 Å². The third-order valence-electron chi connectivity index (χ3n) is 3.72. The molecule has 0 aromatic heterocycles. The molecule has 13 heavy (non-hydrogen) atoms. The Hall–Kier alpha value is -0.120. The quantitative estimate of drug-likeness (QED) is 0.583. The zero-order valence-electron chi connectivity index (χ0n) is 8.64. The summed E-state index contributed by atoms with van der Waals surface area (Å²) >= 11 is 0. The predicted octanol–water partition coefficient (Wildman–Crippen LogP) is 0.487. The van der Waals surface area contributed by atoms with Gasteiger partial charge < -0.3 is 10.6 Å². The molecule has 3 heteroatoms. The molecule has 3 unspecified atom stereocenters. The fraction of sp³-hybridized carbons (Fsp3) is 1.00. The van der Waals surface area contributed by atoms with Crippen LogP contribution >= 0.6 is 0 Å². The zero-order chi connectivity index (χ0) is 9.26. The zero-order valence-corrected chi connectivity index (χ0v) is 8.64. The Balaban J connectivity index is 1.93. The Labute approximate surface area is 80.7 Å². The Morgan fingerprint density at radius 3 is 2.54 bits per heavy atom. The topological polar surface area (TPSA) is 36.1 Å². The van der Waals surface area contributed by atoms with Crippen LogP contribution < -0.4 is 16.0 Å². The Bertz CT molecular complexity index is 168. The van der Waals surface area contributed by atoms with Gasteiger partial charge in [0.2, 0.25) is 0 Å². The summed E-state index contributed by atoms with van der Waals surface area (Å²) in [4.78, 5) is 0. The molecule has 76 valence electrons. The molecule has 3 atom stereocenters. The van der Waals surface area contributed by atoms with Gasteiger partial charge in [0.1, 0.15) is 0 Å². The molecule has 3 N–H and O–H groups in total. The maximum atomic E-state index is 3.58. The first-order chi connectivity index (χ1) is 6.33. The molecule has 2 rings (SSSR count). The molecular weight excluding hydrogens is 162 g/mol. The summed E-state index contributed by atoms with van der Waals surface area (Å²) in [6.45, 7) is 3.29.